The molecule has 58 heavy (non-hydrogen) atoms. The number of aromatic nitrogens is 3. The van der Waals surface area contributed by atoms with E-state index in [-0.39, 0.29) is 0 Å². The van der Waals surface area contributed by atoms with E-state index in [9.17, 15) is 0 Å². The fourth-order valence-corrected chi connectivity index (χ4v) is 11.4. The maximum atomic E-state index is 5.53. The fraction of sp³-hybridized carbons (Fsp3) is 0. The molecule has 0 saturated carbocycles. The lowest BCUT2D eigenvalue weighted by atomic mass is 9.97. The van der Waals surface area contributed by atoms with E-state index in [2.05, 4.69) is 182 Å². The number of hydrogen-bond acceptors (Lipinski definition) is 5. The van der Waals surface area contributed by atoms with Gasteiger partial charge in [-0.1, -0.05) is 176 Å². The van der Waals surface area contributed by atoms with Crippen LogP contribution < -0.4 is 0 Å². The topological polar surface area (TPSA) is 38.7 Å². The maximum Gasteiger partial charge on any atom is 0.164 e. The lowest BCUT2D eigenvalue weighted by Gasteiger charge is -2.13. The van der Waals surface area contributed by atoms with Crippen molar-refractivity contribution in [1.29, 1.82) is 0 Å². The van der Waals surface area contributed by atoms with Gasteiger partial charge in [0.1, 0.15) is 0 Å². The van der Waals surface area contributed by atoms with Gasteiger partial charge in [-0.25, -0.2) is 15.0 Å². The van der Waals surface area contributed by atoms with Gasteiger partial charge in [0, 0.05) is 57.0 Å². The highest BCUT2D eigenvalue weighted by molar-refractivity contribution is 7.27. The molecular weight excluding hydrogens is 743 g/mol. The summed E-state index contributed by atoms with van der Waals surface area (Å²) < 4.78 is 4.99. The van der Waals surface area contributed by atoms with Crippen LogP contribution in [-0.2, 0) is 0 Å². The van der Waals surface area contributed by atoms with Crippen molar-refractivity contribution in [2.75, 3.05) is 0 Å². The van der Waals surface area contributed by atoms with Crippen LogP contribution in [-0.4, -0.2) is 15.0 Å². The smallest absolute Gasteiger partial charge is 0.164 e. The molecule has 12 aromatic rings. The van der Waals surface area contributed by atoms with Crippen LogP contribution in [0.25, 0.3) is 118 Å². The van der Waals surface area contributed by atoms with Gasteiger partial charge in [-0.3, -0.25) is 0 Å². The molecule has 3 nitrogen and oxygen atoms in total. The first-order valence-corrected chi connectivity index (χ1v) is 21.1. The molecule has 0 N–H and O–H groups in total. The van der Waals surface area contributed by atoms with Gasteiger partial charge < -0.3 is 0 Å². The summed E-state index contributed by atoms with van der Waals surface area (Å²) in [5.74, 6) is 1.97. The number of fused-ring (bicyclic) bond motifs is 10. The van der Waals surface area contributed by atoms with Gasteiger partial charge in [0.2, 0.25) is 0 Å². The molecule has 0 amide bonds. The lowest BCUT2D eigenvalue weighted by molar-refractivity contribution is 1.08. The molecule has 0 aliphatic rings. The molecule has 5 heteroatoms. The third-order valence-electron chi connectivity index (χ3n) is 11.3. The zero-order chi connectivity index (χ0) is 38.2. The molecule has 0 atom stereocenters. The Morgan fingerprint density at radius 3 is 1.12 bits per heavy atom. The van der Waals surface area contributed by atoms with E-state index in [1.165, 1.54) is 73.4 Å². The molecule has 0 aliphatic heterocycles. The number of thiophene rings is 2. The van der Waals surface area contributed by atoms with Crippen molar-refractivity contribution in [3.8, 4) is 56.4 Å². The van der Waals surface area contributed by atoms with E-state index >= 15 is 0 Å². The minimum absolute atomic E-state index is 0.650. The zero-order valence-electron chi connectivity index (χ0n) is 31.1. The second-order valence-electron chi connectivity index (χ2n) is 14.7. The van der Waals surface area contributed by atoms with Gasteiger partial charge in [-0.05, 0) is 55.9 Å². The van der Waals surface area contributed by atoms with Crippen molar-refractivity contribution in [3.05, 3.63) is 188 Å². The molecule has 0 unspecified atom stereocenters. The van der Waals surface area contributed by atoms with Gasteiger partial charge in [-0.15, -0.1) is 22.7 Å². The van der Waals surface area contributed by atoms with Crippen molar-refractivity contribution in [2.45, 2.75) is 0 Å². The molecule has 0 saturated heterocycles. The van der Waals surface area contributed by atoms with Crippen LogP contribution in [0.5, 0.6) is 0 Å². The average molecular weight is 774 g/mol. The van der Waals surface area contributed by atoms with Crippen LogP contribution in [0.3, 0.4) is 0 Å². The number of nitrogens with zero attached hydrogens (tertiary/aromatic N) is 3. The first-order valence-electron chi connectivity index (χ1n) is 19.4. The van der Waals surface area contributed by atoms with Crippen molar-refractivity contribution >= 4 is 84.6 Å². The molecule has 0 aliphatic carbocycles. The minimum Gasteiger partial charge on any atom is -0.208 e. The SMILES string of the molecule is c1ccc(-c2nc(-c3cc4ccccc4c4sc5c(-c6ccccc6)cccc5c34)nc(-c3cc4ccccc4c4sc5c(-c6ccccc6)cccc5c34)n2)cc1. The van der Waals surface area contributed by atoms with Gasteiger partial charge in [0.25, 0.3) is 0 Å². The molecule has 270 valence electrons. The summed E-state index contributed by atoms with van der Waals surface area (Å²) in [5, 5.41) is 9.53. The molecule has 0 spiro atoms. The molecule has 0 radical (unpaired) electrons. The second kappa shape index (κ2) is 13.3. The van der Waals surface area contributed by atoms with Crippen molar-refractivity contribution < 1.29 is 0 Å². The van der Waals surface area contributed by atoms with Gasteiger partial charge in [0.05, 0.1) is 0 Å². The number of benzene rings is 9. The van der Waals surface area contributed by atoms with Gasteiger partial charge in [0.15, 0.2) is 17.5 Å². The third-order valence-corrected chi connectivity index (χ3v) is 13.8. The fourth-order valence-electron chi connectivity index (χ4n) is 8.64. The molecule has 3 heterocycles. The summed E-state index contributed by atoms with van der Waals surface area (Å²) >= 11 is 3.72. The van der Waals surface area contributed by atoms with E-state index in [1.807, 2.05) is 28.7 Å². The first-order chi connectivity index (χ1) is 28.8. The summed E-state index contributed by atoms with van der Waals surface area (Å²) in [5.41, 5.74) is 7.83. The zero-order valence-corrected chi connectivity index (χ0v) is 32.7. The van der Waals surface area contributed by atoms with Crippen LogP contribution in [0.1, 0.15) is 0 Å². The monoisotopic (exact) mass is 773 g/mol. The Kier molecular flexibility index (Phi) is 7.58. The van der Waals surface area contributed by atoms with Gasteiger partial charge in [-0.2, -0.15) is 0 Å². The highest BCUT2D eigenvalue weighted by atomic mass is 32.1. The largest absolute Gasteiger partial charge is 0.208 e. The Morgan fingerprint density at radius 2 is 0.655 bits per heavy atom. The highest BCUT2D eigenvalue weighted by Gasteiger charge is 2.23. The molecule has 0 bridgehead atoms. The lowest BCUT2D eigenvalue weighted by Crippen LogP contribution is -2.01. The van der Waals surface area contributed by atoms with Crippen LogP contribution in [0, 0.1) is 0 Å². The maximum absolute atomic E-state index is 5.53. The molecular formula is C53H31N3S2. The molecule has 9 aromatic carbocycles. The Morgan fingerprint density at radius 1 is 0.276 bits per heavy atom. The predicted molar refractivity (Wildman–Crippen MR) is 248 cm³/mol. The summed E-state index contributed by atoms with van der Waals surface area (Å²) in [6.07, 6.45) is 0. The van der Waals surface area contributed by atoms with Crippen LogP contribution in [0.15, 0.2) is 188 Å². The third kappa shape index (κ3) is 5.21. The quantitative estimate of drug-likeness (QED) is 0.175. The second-order valence-corrected chi connectivity index (χ2v) is 16.7. The molecule has 12 rings (SSSR count). The number of rotatable bonds is 5. The summed E-state index contributed by atoms with van der Waals surface area (Å²) in [7, 11) is 0. The summed E-state index contributed by atoms with van der Waals surface area (Å²) in [4.78, 5) is 16.2. The van der Waals surface area contributed by atoms with E-state index in [4.69, 9.17) is 15.0 Å². The Labute approximate surface area is 342 Å². The Bertz CT molecular complexity index is 3340. The van der Waals surface area contributed by atoms with Gasteiger partial charge >= 0.3 is 0 Å². The normalized spacial score (nSPS) is 11.8. The molecule has 0 fully saturated rings. The van der Waals surface area contributed by atoms with Crippen molar-refractivity contribution in [2.24, 2.45) is 0 Å². The van der Waals surface area contributed by atoms with Crippen LogP contribution in [0.4, 0.5) is 0 Å². The number of hydrogen-bond donors (Lipinski definition) is 0. The standard InChI is InChI=1S/C53H31N3S2/c1-4-16-32(17-5-1)37-26-14-28-41-45-43(30-35-22-10-12-24-39(35)49(45)57-47(37)41)52-54-51(34-20-8-3-9-21-34)55-53(56-52)44-31-36-23-11-13-25-40(36)50-46(44)42-29-15-27-38(48(42)58-50)33-18-6-2-7-19-33/h1-31H. The van der Waals surface area contributed by atoms with E-state index in [0.717, 1.165) is 27.5 Å². The summed E-state index contributed by atoms with van der Waals surface area (Å²) in [6.45, 7) is 0. The van der Waals surface area contributed by atoms with Crippen LogP contribution >= 0.6 is 22.7 Å². The van der Waals surface area contributed by atoms with E-state index in [1.54, 1.807) is 0 Å². The van der Waals surface area contributed by atoms with E-state index < -0.39 is 0 Å². The minimum atomic E-state index is 0.650. The van der Waals surface area contributed by atoms with Crippen molar-refractivity contribution in [1.82, 2.24) is 15.0 Å². The molecule has 3 aromatic heterocycles. The Balaban J connectivity index is 1.19. The first kappa shape index (κ1) is 33.1. The van der Waals surface area contributed by atoms with Crippen LogP contribution in [0.2, 0.25) is 0 Å². The van der Waals surface area contributed by atoms with E-state index in [0.29, 0.717) is 17.5 Å². The van der Waals surface area contributed by atoms with Crippen molar-refractivity contribution in [3.63, 3.8) is 0 Å². The Hall–Kier alpha value is -7.05. The average Bonchev–Trinajstić information content (AvgIpc) is 3.90. The summed E-state index contributed by atoms with van der Waals surface area (Å²) in [6, 6.07) is 67.0. The highest BCUT2D eigenvalue weighted by Crippen LogP contribution is 2.49. The predicted octanol–water partition coefficient (Wildman–Crippen LogP) is 15.2.